The molecule has 1 aromatic carbocycles. The number of aryl methyl sites for hydroxylation is 1. The van der Waals surface area contributed by atoms with Gasteiger partial charge in [0.25, 0.3) is 11.4 Å². The molecule has 0 fully saturated rings. The van der Waals surface area contributed by atoms with Crippen LogP contribution in [0.15, 0.2) is 58.1 Å². The van der Waals surface area contributed by atoms with Crippen molar-refractivity contribution in [2.75, 3.05) is 7.11 Å². The molecule has 0 aliphatic carbocycles. The number of nitrogens with zero attached hydrogens (tertiary/aromatic N) is 4. The average Bonchev–Trinajstić information content (AvgIpc) is 3.22. The van der Waals surface area contributed by atoms with E-state index in [-0.39, 0.29) is 11.4 Å². The van der Waals surface area contributed by atoms with Crippen molar-refractivity contribution in [2.24, 2.45) is 0 Å². The first-order valence-electron chi connectivity index (χ1n) is 9.27. The molecule has 4 aromatic rings. The molecule has 3 aromatic heterocycles. The Labute approximate surface area is 177 Å². The Morgan fingerprint density at radius 3 is 2.67 bits per heavy atom. The average molecular weight is 423 g/mol. The molecule has 0 saturated heterocycles. The first-order valence-corrected chi connectivity index (χ1v) is 9.65. The van der Waals surface area contributed by atoms with Crippen LogP contribution in [0.1, 0.15) is 16.8 Å². The Morgan fingerprint density at radius 2 is 1.90 bits per heavy atom. The molecule has 8 heteroatoms. The second-order valence-corrected chi connectivity index (χ2v) is 7.21. The van der Waals surface area contributed by atoms with Crippen LogP contribution in [0.2, 0.25) is 5.02 Å². The van der Waals surface area contributed by atoms with E-state index in [9.17, 15) is 4.79 Å². The Balaban J connectivity index is 1.70. The van der Waals surface area contributed by atoms with Crippen LogP contribution in [0.25, 0.3) is 22.8 Å². The Kier molecular flexibility index (Phi) is 5.37. The summed E-state index contributed by atoms with van der Waals surface area (Å²) in [5.41, 5.74) is 3.27. The van der Waals surface area contributed by atoms with Gasteiger partial charge in [-0.05, 0) is 38.1 Å². The van der Waals surface area contributed by atoms with Gasteiger partial charge in [-0.3, -0.25) is 9.78 Å². The molecule has 4 rings (SSSR count). The molecule has 152 valence electrons. The molecule has 0 aliphatic heterocycles. The lowest BCUT2D eigenvalue weighted by Gasteiger charge is -2.13. The highest BCUT2D eigenvalue weighted by atomic mass is 35.5. The lowest BCUT2D eigenvalue weighted by atomic mass is 10.1. The Morgan fingerprint density at radius 1 is 1.13 bits per heavy atom. The minimum atomic E-state index is -0.257. The molecule has 0 aliphatic rings. The third-order valence-electron chi connectivity index (χ3n) is 4.86. The van der Waals surface area contributed by atoms with Gasteiger partial charge in [-0.1, -0.05) is 28.9 Å². The maximum Gasteiger partial charge on any atom is 0.263 e. The van der Waals surface area contributed by atoms with Gasteiger partial charge >= 0.3 is 0 Å². The van der Waals surface area contributed by atoms with Crippen LogP contribution in [0, 0.1) is 13.8 Å². The normalized spacial score (nSPS) is 10.9. The first kappa shape index (κ1) is 19.8. The van der Waals surface area contributed by atoms with Gasteiger partial charge in [0, 0.05) is 29.1 Å². The van der Waals surface area contributed by atoms with Crippen LogP contribution in [0.5, 0.6) is 5.75 Å². The van der Waals surface area contributed by atoms with Crippen LogP contribution in [-0.2, 0) is 6.54 Å². The quantitative estimate of drug-likeness (QED) is 0.477. The monoisotopic (exact) mass is 422 g/mol. The number of pyridine rings is 2. The zero-order valence-electron chi connectivity index (χ0n) is 16.7. The van der Waals surface area contributed by atoms with E-state index in [0.29, 0.717) is 28.5 Å². The molecule has 0 N–H and O–H groups in total. The van der Waals surface area contributed by atoms with Gasteiger partial charge in [-0.2, -0.15) is 4.98 Å². The summed E-state index contributed by atoms with van der Waals surface area (Å²) in [6, 6.07) is 10.6. The summed E-state index contributed by atoms with van der Waals surface area (Å²) in [7, 11) is 1.62. The number of benzene rings is 1. The predicted molar refractivity (Wildman–Crippen MR) is 114 cm³/mol. The lowest BCUT2D eigenvalue weighted by molar-refractivity contribution is 0.406. The smallest absolute Gasteiger partial charge is 0.263 e. The number of rotatable bonds is 5. The number of halogens is 1. The maximum absolute atomic E-state index is 13.1. The molecule has 0 radical (unpaired) electrons. The lowest BCUT2D eigenvalue weighted by Crippen LogP contribution is -2.22. The molecule has 30 heavy (non-hydrogen) atoms. The highest BCUT2D eigenvalue weighted by molar-refractivity contribution is 6.33. The molecule has 0 saturated carbocycles. The fourth-order valence-corrected chi connectivity index (χ4v) is 3.52. The number of aromatic nitrogens is 4. The molecule has 0 amide bonds. The van der Waals surface area contributed by atoms with Crippen LogP contribution >= 0.6 is 11.6 Å². The third-order valence-corrected chi connectivity index (χ3v) is 5.19. The summed E-state index contributed by atoms with van der Waals surface area (Å²) in [5, 5.41) is 4.48. The van der Waals surface area contributed by atoms with Gasteiger partial charge in [-0.15, -0.1) is 0 Å². The zero-order valence-corrected chi connectivity index (χ0v) is 17.5. The summed E-state index contributed by atoms with van der Waals surface area (Å²) in [4.78, 5) is 21.9. The van der Waals surface area contributed by atoms with E-state index in [0.717, 1.165) is 22.6 Å². The Hall–Kier alpha value is -3.45. The highest BCUT2D eigenvalue weighted by Gasteiger charge is 2.17. The number of methoxy groups -OCH3 is 1. The van der Waals surface area contributed by atoms with Crippen molar-refractivity contribution in [1.82, 2.24) is 19.7 Å². The zero-order chi connectivity index (χ0) is 21.3. The van der Waals surface area contributed by atoms with E-state index in [1.165, 1.54) is 0 Å². The maximum atomic E-state index is 13.1. The van der Waals surface area contributed by atoms with Gasteiger partial charge < -0.3 is 13.8 Å². The fraction of sp³-hybridized carbons (Fsp3) is 0.182. The number of hydrogen-bond donors (Lipinski definition) is 0. The van der Waals surface area contributed by atoms with E-state index in [4.69, 9.17) is 20.9 Å². The molecular weight excluding hydrogens is 404 g/mol. The van der Waals surface area contributed by atoms with E-state index in [2.05, 4.69) is 15.1 Å². The van der Waals surface area contributed by atoms with Crippen molar-refractivity contribution >= 4 is 11.6 Å². The topological polar surface area (TPSA) is 83.0 Å². The highest BCUT2D eigenvalue weighted by Crippen LogP contribution is 2.27. The van der Waals surface area contributed by atoms with Gasteiger partial charge in [0.1, 0.15) is 11.3 Å². The van der Waals surface area contributed by atoms with E-state index >= 15 is 0 Å². The van der Waals surface area contributed by atoms with Crippen LogP contribution in [0.4, 0.5) is 0 Å². The summed E-state index contributed by atoms with van der Waals surface area (Å²) >= 11 is 6.21. The molecule has 0 unspecified atom stereocenters. The predicted octanol–water partition coefficient (Wildman–Crippen LogP) is 4.29. The van der Waals surface area contributed by atoms with E-state index < -0.39 is 0 Å². The third kappa shape index (κ3) is 3.59. The molecule has 7 nitrogen and oxygen atoms in total. The van der Waals surface area contributed by atoms with E-state index in [1.807, 2.05) is 26.0 Å². The molecule has 0 atom stereocenters. The molecule has 0 spiro atoms. The number of hydrogen-bond acceptors (Lipinski definition) is 6. The summed E-state index contributed by atoms with van der Waals surface area (Å²) < 4.78 is 12.4. The minimum absolute atomic E-state index is 0.135. The van der Waals surface area contributed by atoms with Crippen molar-refractivity contribution in [2.45, 2.75) is 20.4 Å². The summed E-state index contributed by atoms with van der Waals surface area (Å²) in [6.07, 6.45) is 3.44. The second-order valence-electron chi connectivity index (χ2n) is 6.80. The minimum Gasteiger partial charge on any atom is -0.496 e. The van der Waals surface area contributed by atoms with Crippen molar-refractivity contribution in [3.05, 3.63) is 81.0 Å². The van der Waals surface area contributed by atoms with Crippen LogP contribution < -0.4 is 10.3 Å². The van der Waals surface area contributed by atoms with Crippen molar-refractivity contribution < 1.29 is 9.26 Å². The SMILES string of the molecule is COc1c(C)cnc(Cn2cccc(-c3nc(-c4ccccc4Cl)no3)c2=O)c1C. The van der Waals surface area contributed by atoms with Gasteiger partial charge in [0.05, 0.1) is 24.4 Å². The fourth-order valence-electron chi connectivity index (χ4n) is 3.30. The van der Waals surface area contributed by atoms with Gasteiger partial charge in [-0.25, -0.2) is 0 Å². The molecule has 0 bridgehead atoms. The molecule has 3 heterocycles. The summed E-state index contributed by atoms with van der Waals surface area (Å²) in [5.74, 6) is 1.23. The van der Waals surface area contributed by atoms with Crippen LogP contribution in [0.3, 0.4) is 0 Å². The second kappa shape index (κ2) is 8.12. The molecular formula is C22H19ClN4O3. The first-order chi connectivity index (χ1) is 14.5. The largest absolute Gasteiger partial charge is 0.496 e. The number of ether oxygens (including phenoxy) is 1. The van der Waals surface area contributed by atoms with Crippen molar-refractivity contribution in [3.63, 3.8) is 0 Å². The van der Waals surface area contributed by atoms with Crippen molar-refractivity contribution in [3.8, 4) is 28.6 Å². The van der Waals surface area contributed by atoms with Crippen molar-refractivity contribution in [1.29, 1.82) is 0 Å². The summed E-state index contributed by atoms with van der Waals surface area (Å²) in [6.45, 7) is 4.15. The van der Waals surface area contributed by atoms with Crippen LogP contribution in [-0.4, -0.2) is 26.8 Å². The van der Waals surface area contributed by atoms with E-state index in [1.54, 1.807) is 48.3 Å². The Bertz CT molecular complexity index is 1280. The van der Waals surface area contributed by atoms with Gasteiger partial charge in [0.2, 0.25) is 5.82 Å². The standard InChI is InChI=1S/C22H19ClN4O3/c1-13-11-24-18(14(2)19(13)29-3)12-27-10-6-8-16(22(27)28)21-25-20(26-30-21)15-7-4-5-9-17(15)23/h4-11H,12H2,1-3H3. The van der Waals surface area contributed by atoms with Gasteiger partial charge in [0.15, 0.2) is 0 Å².